The summed E-state index contributed by atoms with van der Waals surface area (Å²) in [6.07, 6.45) is -5.24. The standard InChI is InChI=1S/C41H33F3N4O6/c1-25-3-7-27(8-4-25)28-11-13-30(14-12-28)39-46-38(47-54-39)29-9-5-26(6-10-29)23-48(24-37(50)51)40(52)31-15-18-33(19-16-31)45-36(49)21-32-17-20-34(53-2)22-35(32)41(42,43)44/h3-20,22H,21,23-24H2,1-2H3,(H,45,49)(H,50,51). The largest absolute Gasteiger partial charge is 0.497 e. The van der Waals surface area contributed by atoms with E-state index in [-0.39, 0.29) is 29.1 Å². The number of halogens is 3. The molecule has 0 saturated carbocycles. The molecule has 1 aromatic heterocycles. The Kier molecular flexibility index (Phi) is 10.9. The van der Waals surface area contributed by atoms with Crippen molar-refractivity contribution in [3.8, 4) is 39.7 Å². The number of benzene rings is 5. The topological polar surface area (TPSA) is 135 Å². The van der Waals surface area contributed by atoms with Crippen molar-refractivity contribution < 1.29 is 41.9 Å². The van der Waals surface area contributed by atoms with Gasteiger partial charge in [0.05, 0.1) is 19.1 Å². The third-order valence-electron chi connectivity index (χ3n) is 8.53. The third kappa shape index (κ3) is 8.99. The Balaban J connectivity index is 1.09. The molecule has 0 aliphatic heterocycles. The highest BCUT2D eigenvalue weighted by molar-refractivity contribution is 5.97. The van der Waals surface area contributed by atoms with Crippen molar-refractivity contribution in [3.05, 3.63) is 143 Å². The van der Waals surface area contributed by atoms with E-state index in [0.29, 0.717) is 22.8 Å². The number of aryl methyl sites for hydroxylation is 1. The molecule has 6 aromatic rings. The van der Waals surface area contributed by atoms with Crippen LogP contribution in [0.2, 0.25) is 0 Å². The number of nitrogens with zero attached hydrogens (tertiary/aromatic N) is 3. The fourth-order valence-electron chi connectivity index (χ4n) is 5.71. The molecule has 0 unspecified atom stereocenters. The van der Waals surface area contributed by atoms with Gasteiger partial charge >= 0.3 is 12.1 Å². The minimum Gasteiger partial charge on any atom is -0.497 e. The summed E-state index contributed by atoms with van der Waals surface area (Å²) < 4.78 is 51.1. The van der Waals surface area contributed by atoms with E-state index in [1.807, 2.05) is 31.2 Å². The van der Waals surface area contributed by atoms with E-state index in [9.17, 15) is 32.7 Å². The number of nitrogens with one attached hydrogen (secondary N) is 1. The lowest BCUT2D eigenvalue weighted by Crippen LogP contribution is -2.35. The van der Waals surface area contributed by atoms with Crippen LogP contribution in [0.3, 0.4) is 0 Å². The summed E-state index contributed by atoms with van der Waals surface area (Å²) in [5.74, 6) is -1.79. The predicted octanol–water partition coefficient (Wildman–Crippen LogP) is 8.31. The van der Waals surface area contributed by atoms with E-state index in [2.05, 4.69) is 39.7 Å². The van der Waals surface area contributed by atoms with E-state index in [1.165, 1.54) is 49.1 Å². The van der Waals surface area contributed by atoms with Gasteiger partial charge in [-0.05, 0) is 77.7 Å². The first-order valence-electron chi connectivity index (χ1n) is 16.6. The first-order chi connectivity index (χ1) is 25.9. The molecule has 0 aliphatic carbocycles. The van der Waals surface area contributed by atoms with Crippen molar-refractivity contribution in [2.75, 3.05) is 19.0 Å². The fraction of sp³-hybridized carbons (Fsp3) is 0.146. The van der Waals surface area contributed by atoms with Gasteiger partial charge in [0.2, 0.25) is 11.7 Å². The van der Waals surface area contributed by atoms with E-state index < -0.39 is 42.5 Å². The zero-order chi connectivity index (χ0) is 38.4. The number of alkyl halides is 3. The second kappa shape index (κ2) is 15.9. The molecular formula is C41H33F3N4O6. The number of rotatable bonds is 12. The Morgan fingerprint density at radius 3 is 2.04 bits per heavy atom. The smallest absolute Gasteiger partial charge is 0.416 e. The van der Waals surface area contributed by atoms with E-state index in [4.69, 9.17) is 9.26 Å². The summed E-state index contributed by atoms with van der Waals surface area (Å²) in [5.41, 5.74) is 4.56. The van der Waals surface area contributed by atoms with Gasteiger partial charge in [-0.1, -0.05) is 77.5 Å². The molecule has 13 heteroatoms. The SMILES string of the molecule is COc1ccc(CC(=O)Nc2ccc(C(=O)N(CC(=O)O)Cc3ccc(-c4noc(-c5ccc(-c6ccc(C)cc6)cc5)n4)cc3)cc2)c(C(F)(F)F)c1. The lowest BCUT2D eigenvalue weighted by Gasteiger charge is -2.21. The minimum absolute atomic E-state index is 0.00968. The van der Waals surface area contributed by atoms with Gasteiger partial charge < -0.3 is 24.6 Å². The quantitative estimate of drug-likeness (QED) is 0.128. The number of aliphatic carboxylic acids is 1. The predicted molar refractivity (Wildman–Crippen MR) is 194 cm³/mol. The maximum Gasteiger partial charge on any atom is 0.416 e. The Hall–Kier alpha value is -6.76. The van der Waals surface area contributed by atoms with Gasteiger partial charge in [0.25, 0.3) is 11.8 Å². The average molecular weight is 735 g/mol. The van der Waals surface area contributed by atoms with Crippen LogP contribution in [0.4, 0.5) is 18.9 Å². The van der Waals surface area contributed by atoms with Gasteiger partial charge in [0.1, 0.15) is 12.3 Å². The molecule has 0 radical (unpaired) electrons. The molecule has 0 spiro atoms. The molecule has 0 saturated heterocycles. The Morgan fingerprint density at radius 2 is 1.43 bits per heavy atom. The van der Waals surface area contributed by atoms with E-state index in [0.717, 1.165) is 27.7 Å². The molecule has 0 atom stereocenters. The van der Waals surface area contributed by atoms with Gasteiger partial charge in [0, 0.05) is 28.9 Å². The van der Waals surface area contributed by atoms with E-state index in [1.54, 1.807) is 24.3 Å². The highest BCUT2D eigenvalue weighted by Gasteiger charge is 2.34. The van der Waals surface area contributed by atoms with Crippen LogP contribution >= 0.6 is 0 Å². The molecular weight excluding hydrogens is 701 g/mol. The number of hydrogen-bond donors (Lipinski definition) is 2. The lowest BCUT2D eigenvalue weighted by atomic mass is 10.0. The molecule has 5 aromatic carbocycles. The molecule has 2 amide bonds. The van der Waals surface area contributed by atoms with Crippen molar-refractivity contribution in [1.29, 1.82) is 0 Å². The number of hydrogen-bond acceptors (Lipinski definition) is 7. The highest BCUT2D eigenvalue weighted by Crippen LogP contribution is 2.35. The van der Waals surface area contributed by atoms with Crippen LogP contribution in [0.15, 0.2) is 120 Å². The summed E-state index contributed by atoms with van der Waals surface area (Å²) in [5, 5.41) is 16.2. The number of methoxy groups -OCH3 is 1. The molecule has 2 N–H and O–H groups in total. The van der Waals surface area contributed by atoms with Crippen molar-refractivity contribution >= 4 is 23.5 Å². The van der Waals surface area contributed by atoms with Gasteiger partial charge in [-0.3, -0.25) is 14.4 Å². The van der Waals surface area contributed by atoms with Gasteiger partial charge in [0.15, 0.2) is 0 Å². The first kappa shape index (κ1) is 37.0. The number of carboxylic acids is 1. The number of aromatic nitrogens is 2. The van der Waals surface area contributed by atoms with Crippen LogP contribution in [0.5, 0.6) is 5.75 Å². The summed E-state index contributed by atoms with van der Waals surface area (Å²) >= 11 is 0. The molecule has 1 heterocycles. The second-order valence-corrected chi connectivity index (χ2v) is 12.4. The highest BCUT2D eigenvalue weighted by atomic mass is 19.4. The molecule has 0 bridgehead atoms. The van der Waals surface area contributed by atoms with Gasteiger partial charge in [-0.25, -0.2) is 0 Å². The van der Waals surface area contributed by atoms with Crippen LogP contribution in [-0.4, -0.2) is 51.6 Å². The number of ether oxygens (including phenoxy) is 1. The van der Waals surface area contributed by atoms with Gasteiger partial charge in [-0.15, -0.1) is 0 Å². The third-order valence-corrected chi connectivity index (χ3v) is 8.53. The van der Waals surface area contributed by atoms with Crippen LogP contribution < -0.4 is 10.1 Å². The number of anilines is 1. The average Bonchev–Trinajstić information content (AvgIpc) is 3.65. The number of carbonyl (C=O) groups excluding carboxylic acids is 2. The minimum atomic E-state index is -4.69. The first-order valence-corrected chi connectivity index (χ1v) is 16.6. The second-order valence-electron chi connectivity index (χ2n) is 12.4. The summed E-state index contributed by atoms with van der Waals surface area (Å²) in [4.78, 5) is 43.4. The van der Waals surface area contributed by atoms with Crippen LogP contribution in [0.25, 0.3) is 34.0 Å². The van der Waals surface area contributed by atoms with Crippen molar-refractivity contribution in [1.82, 2.24) is 15.0 Å². The Labute approximate surface area is 307 Å². The van der Waals surface area contributed by atoms with Crippen LogP contribution in [0, 0.1) is 6.92 Å². The van der Waals surface area contributed by atoms with Crippen molar-refractivity contribution in [3.63, 3.8) is 0 Å². The summed E-state index contributed by atoms with van der Waals surface area (Å²) in [7, 11) is 1.25. The number of amides is 2. The van der Waals surface area contributed by atoms with Crippen LogP contribution in [0.1, 0.15) is 32.6 Å². The molecule has 274 valence electrons. The molecule has 10 nitrogen and oxygen atoms in total. The summed E-state index contributed by atoms with van der Waals surface area (Å²) in [6, 6.07) is 32.0. The van der Waals surface area contributed by atoms with Crippen LogP contribution in [-0.2, 0) is 28.7 Å². The number of carbonyl (C=O) groups is 3. The summed E-state index contributed by atoms with van der Waals surface area (Å²) in [6.45, 7) is 1.42. The zero-order valence-electron chi connectivity index (χ0n) is 29.1. The Morgan fingerprint density at radius 1 is 0.815 bits per heavy atom. The van der Waals surface area contributed by atoms with Gasteiger partial charge in [-0.2, -0.15) is 18.2 Å². The lowest BCUT2D eigenvalue weighted by molar-refractivity contribution is -0.139. The molecule has 54 heavy (non-hydrogen) atoms. The maximum absolute atomic E-state index is 13.6. The maximum atomic E-state index is 13.6. The van der Waals surface area contributed by atoms with E-state index >= 15 is 0 Å². The van der Waals surface area contributed by atoms with Crippen molar-refractivity contribution in [2.24, 2.45) is 0 Å². The fourth-order valence-corrected chi connectivity index (χ4v) is 5.71. The Bertz CT molecular complexity index is 2270. The molecule has 6 rings (SSSR count). The molecule has 0 fully saturated rings. The monoisotopic (exact) mass is 734 g/mol. The number of carboxylic acid groups (broad SMARTS) is 1. The zero-order valence-corrected chi connectivity index (χ0v) is 29.1. The molecule has 0 aliphatic rings. The normalized spacial score (nSPS) is 11.2. The van der Waals surface area contributed by atoms with Crippen molar-refractivity contribution in [2.45, 2.75) is 26.1 Å².